The van der Waals surface area contributed by atoms with Crippen LogP contribution in [0, 0.1) is 0 Å². The molecule has 0 aromatic heterocycles. The van der Waals surface area contributed by atoms with Crippen LogP contribution in [0.3, 0.4) is 0 Å². The van der Waals surface area contributed by atoms with Crippen molar-refractivity contribution in [2.45, 2.75) is 25.8 Å². The third-order valence-corrected chi connectivity index (χ3v) is 2.87. The van der Waals surface area contributed by atoms with E-state index in [0.717, 1.165) is 0 Å². The Balaban J connectivity index is 2.59. The summed E-state index contributed by atoms with van der Waals surface area (Å²) in [6.07, 6.45) is 1.02. The second-order valence-electron chi connectivity index (χ2n) is 3.67. The summed E-state index contributed by atoms with van der Waals surface area (Å²) in [5.41, 5.74) is 6.09. The van der Waals surface area contributed by atoms with Gasteiger partial charge < -0.3 is 11.1 Å². The first-order valence-corrected chi connectivity index (χ1v) is 5.75. The first-order chi connectivity index (χ1) is 7.50. The third kappa shape index (κ3) is 4.00. The van der Waals surface area contributed by atoms with E-state index < -0.39 is 0 Å². The van der Waals surface area contributed by atoms with Gasteiger partial charge in [-0.25, -0.2) is 0 Å². The van der Waals surface area contributed by atoms with Crippen LogP contribution in [-0.4, -0.2) is 11.9 Å². The number of hydrogen-bond acceptors (Lipinski definition) is 2. The lowest BCUT2D eigenvalue weighted by atomic mass is 10.2. The van der Waals surface area contributed by atoms with E-state index in [9.17, 15) is 4.79 Å². The van der Waals surface area contributed by atoms with Crippen LogP contribution < -0.4 is 11.1 Å². The minimum atomic E-state index is -0.110. The van der Waals surface area contributed by atoms with E-state index in [0.29, 0.717) is 28.6 Å². The van der Waals surface area contributed by atoms with Crippen molar-refractivity contribution in [1.82, 2.24) is 0 Å². The summed E-state index contributed by atoms with van der Waals surface area (Å²) in [6, 6.07) is 5.12. The van der Waals surface area contributed by atoms with Gasteiger partial charge in [-0.1, -0.05) is 29.3 Å². The smallest absolute Gasteiger partial charge is 0.224 e. The molecule has 3 nitrogen and oxygen atoms in total. The number of benzene rings is 1. The Morgan fingerprint density at radius 1 is 1.50 bits per heavy atom. The number of hydrogen-bond donors (Lipinski definition) is 2. The second-order valence-corrected chi connectivity index (χ2v) is 4.45. The molecule has 16 heavy (non-hydrogen) atoms. The summed E-state index contributed by atoms with van der Waals surface area (Å²) in [7, 11) is 0. The van der Waals surface area contributed by atoms with Gasteiger partial charge in [0.2, 0.25) is 5.91 Å². The SMILES string of the molecule is CC(N)CCC(=O)Nc1cccc(Cl)c1Cl. The number of carbonyl (C=O) groups excluding carboxylic acids is 1. The van der Waals surface area contributed by atoms with Crippen LogP contribution in [0.1, 0.15) is 19.8 Å². The molecule has 3 N–H and O–H groups in total. The van der Waals surface area contributed by atoms with Crippen LogP contribution >= 0.6 is 23.2 Å². The predicted molar refractivity (Wildman–Crippen MR) is 68.0 cm³/mol. The minimum Gasteiger partial charge on any atom is -0.328 e. The fraction of sp³-hybridized carbons (Fsp3) is 0.364. The van der Waals surface area contributed by atoms with E-state index in [1.807, 2.05) is 6.92 Å². The maximum atomic E-state index is 11.5. The lowest BCUT2D eigenvalue weighted by Gasteiger charge is -2.09. The highest BCUT2D eigenvalue weighted by Gasteiger charge is 2.08. The van der Waals surface area contributed by atoms with Gasteiger partial charge in [-0.2, -0.15) is 0 Å². The molecule has 0 saturated heterocycles. The Labute approximate surface area is 105 Å². The molecule has 1 aromatic rings. The molecular weight excluding hydrogens is 247 g/mol. The van der Waals surface area contributed by atoms with Crippen molar-refractivity contribution in [2.75, 3.05) is 5.32 Å². The van der Waals surface area contributed by atoms with Crippen molar-refractivity contribution in [1.29, 1.82) is 0 Å². The van der Waals surface area contributed by atoms with Crippen LogP contribution in [0.4, 0.5) is 5.69 Å². The summed E-state index contributed by atoms with van der Waals surface area (Å²) >= 11 is 11.8. The lowest BCUT2D eigenvalue weighted by molar-refractivity contribution is -0.116. The molecule has 5 heteroatoms. The van der Waals surface area contributed by atoms with Crippen molar-refractivity contribution < 1.29 is 4.79 Å². The molecule has 0 saturated carbocycles. The second kappa shape index (κ2) is 6.09. The maximum absolute atomic E-state index is 11.5. The van der Waals surface area contributed by atoms with E-state index in [1.54, 1.807) is 18.2 Å². The van der Waals surface area contributed by atoms with Gasteiger partial charge in [-0.05, 0) is 25.5 Å². The van der Waals surface area contributed by atoms with E-state index in [4.69, 9.17) is 28.9 Å². The minimum absolute atomic E-state index is 0.0144. The maximum Gasteiger partial charge on any atom is 0.224 e. The standard InChI is InChI=1S/C11H14Cl2N2O/c1-7(14)5-6-10(16)15-9-4-2-3-8(12)11(9)13/h2-4,7H,5-6,14H2,1H3,(H,15,16). The first-order valence-electron chi connectivity index (χ1n) is 5.00. The van der Waals surface area contributed by atoms with Crippen LogP contribution in [0.2, 0.25) is 10.0 Å². The normalized spacial score (nSPS) is 12.2. The van der Waals surface area contributed by atoms with Gasteiger partial charge in [-0.3, -0.25) is 4.79 Å². The molecule has 0 heterocycles. The molecule has 0 radical (unpaired) electrons. The van der Waals surface area contributed by atoms with Gasteiger partial charge in [-0.15, -0.1) is 0 Å². The Kier molecular flexibility index (Phi) is 5.06. The van der Waals surface area contributed by atoms with Crippen molar-refractivity contribution in [3.8, 4) is 0 Å². The fourth-order valence-electron chi connectivity index (χ4n) is 1.17. The highest BCUT2D eigenvalue weighted by Crippen LogP contribution is 2.29. The monoisotopic (exact) mass is 260 g/mol. The van der Waals surface area contributed by atoms with Crippen molar-refractivity contribution in [3.05, 3.63) is 28.2 Å². The zero-order chi connectivity index (χ0) is 12.1. The summed E-state index contributed by atoms with van der Waals surface area (Å²) in [5.74, 6) is -0.110. The molecule has 1 rings (SSSR count). The third-order valence-electron chi connectivity index (χ3n) is 2.05. The van der Waals surface area contributed by atoms with Gasteiger partial charge in [0, 0.05) is 12.5 Å². The molecule has 0 aliphatic carbocycles. The van der Waals surface area contributed by atoms with Gasteiger partial charge in [0.05, 0.1) is 15.7 Å². The summed E-state index contributed by atoms with van der Waals surface area (Å²) in [6.45, 7) is 1.86. The Morgan fingerprint density at radius 2 is 2.19 bits per heavy atom. The van der Waals surface area contributed by atoms with Crippen LogP contribution in [0.25, 0.3) is 0 Å². The van der Waals surface area contributed by atoms with E-state index in [1.165, 1.54) is 0 Å². The molecule has 1 atom stereocenters. The number of anilines is 1. The number of nitrogens with two attached hydrogens (primary N) is 1. The topological polar surface area (TPSA) is 55.1 Å². The van der Waals surface area contributed by atoms with Crippen LogP contribution in [-0.2, 0) is 4.79 Å². The molecule has 0 aliphatic rings. The van der Waals surface area contributed by atoms with E-state index in [-0.39, 0.29) is 11.9 Å². The van der Waals surface area contributed by atoms with Crippen molar-refractivity contribution in [3.63, 3.8) is 0 Å². The van der Waals surface area contributed by atoms with E-state index >= 15 is 0 Å². The largest absolute Gasteiger partial charge is 0.328 e. The zero-order valence-corrected chi connectivity index (χ0v) is 10.5. The Bertz CT molecular complexity index is 380. The number of rotatable bonds is 4. The molecule has 0 spiro atoms. The van der Waals surface area contributed by atoms with Crippen molar-refractivity contribution in [2.24, 2.45) is 5.73 Å². The molecule has 0 fully saturated rings. The average Bonchev–Trinajstić information content (AvgIpc) is 2.22. The molecule has 1 aromatic carbocycles. The summed E-state index contributed by atoms with van der Waals surface area (Å²) < 4.78 is 0. The number of carbonyl (C=O) groups is 1. The molecule has 0 aliphatic heterocycles. The first kappa shape index (κ1) is 13.3. The van der Waals surface area contributed by atoms with Crippen LogP contribution in [0.5, 0.6) is 0 Å². The quantitative estimate of drug-likeness (QED) is 0.875. The van der Waals surface area contributed by atoms with Gasteiger partial charge in [0.1, 0.15) is 0 Å². The highest BCUT2D eigenvalue weighted by atomic mass is 35.5. The highest BCUT2D eigenvalue weighted by molar-refractivity contribution is 6.43. The molecule has 0 bridgehead atoms. The molecule has 1 amide bonds. The number of halogens is 2. The fourth-order valence-corrected chi connectivity index (χ4v) is 1.52. The predicted octanol–water partition coefficient (Wildman–Crippen LogP) is 3.06. The van der Waals surface area contributed by atoms with Crippen LogP contribution in [0.15, 0.2) is 18.2 Å². The molecule has 1 unspecified atom stereocenters. The van der Waals surface area contributed by atoms with Gasteiger partial charge in [0.15, 0.2) is 0 Å². The average molecular weight is 261 g/mol. The molecule has 88 valence electrons. The van der Waals surface area contributed by atoms with Gasteiger partial charge in [0.25, 0.3) is 0 Å². The number of amides is 1. The summed E-state index contributed by atoms with van der Waals surface area (Å²) in [4.78, 5) is 11.5. The Morgan fingerprint density at radius 3 is 2.81 bits per heavy atom. The lowest BCUT2D eigenvalue weighted by Crippen LogP contribution is -2.19. The zero-order valence-electron chi connectivity index (χ0n) is 8.97. The Hall–Kier alpha value is -0.770. The number of nitrogens with one attached hydrogen (secondary N) is 1. The van der Waals surface area contributed by atoms with Gasteiger partial charge >= 0.3 is 0 Å². The molecular formula is C11H14Cl2N2O. The van der Waals surface area contributed by atoms with Crippen molar-refractivity contribution >= 4 is 34.8 Å². The van der Waals surface area contributed by atoms with E-state index in [2.05, 4.69) is 5.32 Å². The summed E-state index contributed by atoms with van der Waals surface area (Å²) in [5, 5.41) is 3.48.